The third-order valence-electron chi connectivity index (χ3n) is 5.57. The van der Waals surface area contributed by atoms with Gasteiger partial charge in [-0.25, -0.2) is 0 Å². The van der Waals surface area contributed by atoms with Gasteiger partial charge in [-0.2, -0.15) is 13.7 Å². The third-order valence-corrected chi connectivity index (χ3v) is 5.57. The Labute approximate surface area is 163 Å². The molecule has 0 spiro atoms. The summed E-state index contributed by atoms with van der Waals surface area (Å²) in [5.41, 5.74) is 1.52. The fourth-order valence-corrected chi connectivity index (χ4v) is 4.20. The molecule has 1 unspecified atom stereocenters. The molecule has 4 rings (SSSR count). The van der Waals surface area contributed by atoms with Gasteiger partial charge in [0.25, 0.3) is 11.6 Å². The van der Waals surface area contributed by atoms with Crippen molar-refractivity contribution in [3.63, 3.8) is 0 Å². The molecule has 0 amide bonds. The van der Waals surface area contributed by atoms with Crippen LogP contribution in [0.3, 0.4) is 0 Å². The van der Waals surface area contributed by atoms with Crippen molar-refractivity contribution in [2.45, 2.75) is 44.9 Å². The highest BCUT2D eigenvalue weighted by atomic mass is 19.3. The quantitative estimate of drug-likeness (QED) is 0.797. The molecule has 0 aromatic heterocycles. The summed E-state index contributed by atoms with van der Waals surface area (Å²) in [4.78, 5) is 1.97. The van der Waals surface area contributed by atoms with E-state index in [9.17, 15) is 13.9 Å². The Morgan fingerprint density at radius 1 is 1.04 bits per heavy atom. The van der Waals surface area contributed by atoms with Gasteiger partial charge in [-0.05, 0) is 50.5 Å². The standard InChI is InChI=1S/C22H25F2N2O2/c1-16-6-8-17(9-7-16)22(27)15-25-14-4-2-3-5-20(25)26(22)18-10-12-19(13-11-18)28-21(23)24/h6-13,21,27H,2-5,14-15H2,1H3/q+1. The molecule has 4 nitrogen and oxygen atoms in total. The number of amidine groups is 1. The second-order valence-corrected chi connectivity index (χ2v) is 7.54. The zero-order valence-corrected chi connectivity index (χ0v) is 15.9. The van der Waals surface area contributed by atoms with Crippen LogP contribution in [0.4, 0.5) is 14.5 Å². The van der Waals surface area contributed by atoms with E-state index in [0.29, 0.717) is 6.54 Å². The maximum atomic E-state index is 12.5. The molecule has 2 aliphatic rings. The molecule has 0 fully saturated rings. The molecule has 2 aliphatic heterocycles. The van der Waals surface area contributed by atoms with Crippen molar-refractivity contribution < 1.29 is 23.2 Å². The van der Waals surface area contributed by atoms with Crippen LogP contribution in [0.5, 0.6) is 5.75 Å². The smallest absolute Gasteiger partial charge is 0.387 e. The lowest BCUT2D eigenvalue weighted by molar-refractivity contribution is -0.534. The van der Waals surface area contributed by atoms with Crippen LogP contribution in [-0.2, 0) is 5.72 Å². The van der Waals surface area contributed by atoms with Crippen LogP contribution in [0.15, 0.2) is 48.5 Å². The van der Waals surface area contributed by atoms with E-state index in [1.54, 1.807) is 12.1 Å². The molecule has 1 N–H and O–H groups in total. The minimum atomic E-state index is -2.85. The molecule has 0 saturated carbocycles. The van der Waals surface area contributed by atoms with Gasteiger partial charge in [0.05, 0.1) is 6.54 Å². The number of aliphatic hydroxyl groups is 1. The van der Waals surface area contributed by atoms with Crippen molar-refractivity contribution in [2.24, 2.45) is 0 Å². The first-order valence-electron chi connectivity index (χ1n) is 9.73. The number of anilines is 1. The predicted molar refractivity (Wildman–Crippen MR) is 104 cm³/mol. The van der Waals surface area contributed by atoms with Crippen molar-refractivity contribution in [1.29, 1.82) is 0 Å². The van der Waals surface area contributed by atoms with Gasteiger partial charge < -0.3 is 9.84 Å². The zero-order valence-electron chi connectivity index (χ0n) is 15.9. The van der Waals surface area contributed by atoms with Gasteiger partial charge in [-0.1, -0.05) is 29.8 Å². The molecular formula is C22H25F2N2O2+. The maximum absolute atomic E-state index is 12.5. The maximum Gasteiger partial charge on any atom is 0.387 e. The molecule has 2 aromatic carbocycles. The number of aryl methyl sites for hydroxylation is 1. The average Bonchev–Trinajstić information content (AvgIpc) is 2.79. The average molecular weight is 387 g/mol. The minimum Gasteiger partial charge on any atom is -0.435 e. The lowest BCUT2D eigenvalue weighted by Crippen LogP contribution is -2.47. The van der Waals surface area contributed by atoms with E-state index in [-0.39, 0.29) is 5.75 Å². The van der Waals surface area contributed by atoms with Gasteiger partial charge in [0.1, 0.15) is 11.4 Å². The van der Waals surface area contributed by atoms with E-state index in [1.165, 1.54) is 12.1 Å². The lowest BCUT2D eigenvalue weighted by atomic mass is 9.99. The molecule has 2 heterocycles. The van der Waals surface area contributed by atoms with Crippen molar-refractivity contribution in [3.05, 3.63) is 59.7 Å². The minimum absolute atomic E-state index is 0.111. The van der Waals surface area contributed by atoms with Crippen LogP contribution in [0.25, 0.3) is 0 Å². The van der Waals surface area contributed by atoms with Crippen molar-refractivity contribution in [2.75, 3.05) is 18.0 Å². The summed E-state index contributed by atoms with van der Waals surface area (Å²) in [5, 5.41) is 11.8. The van der Waals surface area contributed by atoms with Crippen LogP contribution < -0.4 is 9.64 Å². The van der Waals surface area contributed by atoms with Crippen LogP contribution in [-0.4, -0.2) is 35.2 Å². The Hall–Kier alpha value is -2.47. The van der Waals surface area contributed by atoms with Crippen LogP contribution in [0.2, 0.25) is 0 Å². The molecule has 0 saturated heterocycles. The van der Waals surface area contributed by atoms with E-state index in [4.69, 9.17) is 0 Å². The van der Waals surface area contributed by atoms with Crippen LogP contribution in [0, 0.1) is 6.92 Å². The van der Waals surface area contributed by atoms with Gasteiger partial charge in [0, 0.05) is 12.0 Å². The number of alkyl halides is 2. The second-order valence-electron chi connectivity index (χ2n) is 7.54. The summed E-state index contributed by atoms with van der Waals surface area (Å²) < 4.78 is 31.7. The number of hydrogen-bond acceptors (Lipinski definition) is 3. The first kappa shape index (κ1) is 18.9. The highest BCUT2D eigenvalue weighted by Gasteiger charge is 2.53. The highest BCUT2D eigenvalue weighted by Crippen LogP contribution is 2.38. The van der Waals surface area contributed by atoms with E-state index in [2.05, 4.69) is 9.31 Å². The molecule has 148 valence electrons. The molecule has 1 atom stereocenters. The van der Waals surface area contributed by atoms with Gasteiger partial charge in [0.2, 0.25) is 0 Å². The molecule has 0 radical (unpaired) electrons. The number of benzene rings is 2. The molecular weight excluding hydrogens is 362 g/mol. The summed E-state index contributed by atoms with van der Waals surface area (Å²) in [7, 11) is 0. The Kier molecular flexibility index (Phi) is 5.06. The van der Waals surface area contributed by atoms with Crippen molar-refractivity contribution in [3.8, 4) is 5.75 Å². The first-order valence-corrected chi connectivity index (χ1v) is 9.73. The lowest BCUT2D eigenvalue weighted by Gasteiger charge is -2.29. The Morgan fingerprint density at radius 3 is 2.43 bits per heavy atom. The number of rotatable bonds is 4. The summed E-state index contributed by atoms with van der Waals surface area (Å²) in [6, 6.07) is 14.4. The highest BCUT2D eigenvalue weighted by molar-refractivity contribution is 5.97. The molecule has 0 bridgehead atoms. The largest absolute Gasteiger partial charge is 0.435 e. The predicted octanol–water partition coefficient (Wildman–Crippen LogP) is 4.25. The summed E-state index contributed by atoms with van der Waals surface area (Å²) in [6.07, 6.45) is 4.21. The van der Waals surface area contributed by atoms with Gasteiger partial charge in [0.15, 0.2) is 6.54 Å². The number of ether oxygens (including phenoxy) is 1. The third kappa shape index (κ3) is 3.49. The fourth-order valence-electron chi connectivity index (χ4n) is 4.20. The molecule has 28 heavy (non-hydrogen) atoms. The van der Waals surface area contributed by atoms with Crippen LogP contribution >= 0.6 is 0 Å². The van der Waals surface area contributed by atoms with Gasteiger partial charge >= 0.3 is 6.61 Å². The first-order chi connectivity index (χ1) is 13.5. The monoisotopic (exact) mass is 387 g/mol. The summed E-state index contributed by atoms with van der Waals surface area (Å²) >= 11 is 0. The van der Waals surface area contributed by atoms with E-state index in [0.717, 1.165) is 54.9 Å². The van der Waals surface area contributed by atoms with Crippen molar-refractivity contribution in [1.82, 2.24) is 0 Å². The zero-order chi connectivity index (χ0) is 19.7. The molecule has 6 heteroatoms. The SMILES string of the molecule is Cc1ccc(C2(O)C[N+]3=C(CCCCC3)N2c2ccc(OC(F)F)cc2)cc1. The Balaban J connectivity index is 1.75. The van der Waals surface area contributed by atoms with E-state index in [1.807, 2.05) is 36.1 Å². The normalized spacial score (nSPS) is 22.4. The number of nitrogens with zero attached hydrogens (tertiary/aromatic N) is 2. The van der Waals surface area contributed by atoms with Crippen molar-refractivity contribution >= 4 is 11.5 Å². The van der Waals surface area contributed by atoms with E-state index >= 15 is 0 Å². The number of halogens is 2. The summed E-state index contributed by atoms with van der Waals surface area (Å²) in [6.45, 7) is 0.561. The fraction of sp³-hybridized carbons (Fsp3) is 0.409. The Morgan fingerprint density at radius 2 is 1.75 bits per heavy atom. The van der Waals surface area contributed by atoms with Gasteiger partial charge in [-0.15, -0.1) is 0 Å². The second kappa shape index (κ2) is 7.51. The topological polar surface area (TPSA) is 35.7 Å². The molecule has 2 aromatic rings. The molecule has 0 aliphatic carbocycles. The summed E-state index contributed by atoms with van der Waals surface area (Å²) in [5.74, 6) is 1.20. The number of hydrogen-bond donors (Lipinski definition) is 1. The van der Waals surface area contributed by atoms with Gasteiger partial charge in [-0.3, -0.25) is 4.58 Å². The van der Waals surface area contributed by atoms with E-state index < -0.39 is 12.3 Å². The Bertz CT molecular complexity index is 865. The van der Waals surface area contributed by atoms with Crippen LogP contribution in [0.1, 0.15) is 36.8 Å².